The Morgan fingerprint density at radius 2 is 1.17 bits per heavy atom. The third-order valence-corrected chi connectivity index (χ3v) is 2.92. The minimum atomic E-state index is -1.59. The molecule has 0 bridgehead atoms. The van der Waals surface area contributed by atoms with Gasteiger partial charge in [0.1, 0.15) is 24.7 Å². The lowest BCUT2D eigenvalue weighted by atomic mass is 9.82. The van der Waals surface area contributed by atoms with Crippen LogP contribution in [0.5, 0.6) is 11.5 Å². The molecule has 0 aliphatic rings. The third kappa shape index (κ3) is 5.67. The molecular formula is C14H16B2N2O6. The van der Waals surface area contributed by atoms with E-state index in [1.54, 1.807) is 12.2 Å². The van der Waals surface area contributed by atoms with Gasteiger partial charge in [0.15, 0.2) is 0 Å². The highest BCUT2D eigenvalue weighted by atomic mass is 16.5. The predicted molar refractivity (Wildman–Crippen MR) is 88.3 cm³/mol. The molecule has 0 saturated heterocycles. The van der Waals surface area contributed by atoms with Crippen molar-refractivity contribution in [3.63, 3.8) is 0 Å². The Kier molecular flexibility index (Phi) is 6.76. The van der Waals surface area contributed by atoms with Gasteiger partial charge >= 0.3 is 14.2 Å². The SMILES string of the molecule is OB(O)c1cncc(OCC=CCOc2cncc(B(O)O)c2)c1. The fourth-order valence-corrected chi connectivity index (χ4v) is 1.74. The molecule has 0 saturated carbocycles. The molecule has 0 aromatic carbocycles. The number of hydrogen-bond acceptors (Lipinski definition) is 8. The highest BCUT2D eigenvalue weighted by molar-refractivity contribution is 6.58. The minimum Gasteiger partial charge on any atom is -0.488 e. The van der Waals surface area contributed by atoms with Crippen LogP contribution in [-0.4, -0.2) is 57.5 Å². The fourth-order valence-electron chi connectivity index (χ4n) is 1.74. The van der Waals surface area contributed by atoms with E-state index in [4.69, 9.17) is 29.6 Å². The zero-order valence-electron chi connectivity index (χ0n) is 12.7. The molecular weight excluding hydrogens is 314 g/mol. The van der Waals surface area contributed by atoms with Crippen LogP contribution in [0.2, 0.25) is 0 Å². The lowest BCUT2D eigenvalue weighted by Crippen LogP contribution is -2.30. The molecule has 2 aromatic heterocycles. The molecule has 2 heterocycles. The first kappa shape index (κ1) is 18.0. The second kappa shape index (κ2) is 9.04. The summed E-state index contributed by atoms with van der Waals surface area (Å²) in [7, 11) is -3.18. The summed E-state index contributed by atoms with van der Waals surface area (Å²) in [5.74, 6) is 0.833. The Labute approximate surface area is 139 Å². The van der Waals surface area contributed by atoms with E-state index in [1.165, 1.54) is 36.9 Å². The van der Waals surface area contributed by atoms with Crippen LogP contribution in [0.15, 0.2) is 49.1 Å². The van der Waals surface area contributed by atoms with Gasteiger partial charge in [-0.05, 0) is 24.3 Å². The number of rotatable bonds is 8. The van der Waals surface area contributed by atoms with Crippen LogP contribution in [0.3, 0.4) is 0 Å². The van der Waals surface area contributed by atoms with E-state index in [0.29, 0.717) is 11.5 Å². The Morgan fingerprint density at radius 1 is 0.750 bits per heavy atom. The average molecular weight is 330 g/mol. The maximum atomic E-state index is 9.04. The number of hydrogen-bond donors (Lipinski definition) is 4. The first-order valence-electron chi connectivity index (χ1n) is 7.09. The molecule has 8 nitrogen and oxygen atoms in total. The lowest BCUT2D eigenvalue weighted by molar-refractivity contribution is 0.348. The molecule has 0 fully saturated rings. The molecule has 24 heavy (non-hydrogen) atoms. The van der Waals surface area contributed by atoms with Gasteiger partial charge in [0.25, 0.3) is 0 Å². The van der Waals surface area contributed by atoms with Gasteiger partial charge in [0, 0.05) is 23.3 Å². The Hall–Kier alpha value is -2.39. The smallest absolute Gasteiger partial charge is 0.488 e. The lowest BCUT2D eigenvalue weighted by Gasteiger charge is -2.06. The topological polar surface area (TPSA) is 125 Å². The molecule has 4 N–H and O–H groups in total. The van der Waals surface area contributed by atoms with Crippen molar-refractivity contribution < 1.29 is 29.6 Å². The van der Waals surface area contributed by atoms with E-state index in [2.05, 4.69) is 9.97 Å². The van der Waals surface area contributed by atoms with Crippen molar-refractivity contribution in [1.82, 2.24) is 9.97 Å². The monoisotopic (exact) mass is 330 g/mol. The van der Waals surface area contributed by atoms with Gasteiger partial charge in [-0.15, -0.1) is 0 Å². The molecule has 124 valence electrons. The van der Waals surface area contributed by atoms with Crippen molar-refractivity contribution in [1.29, 1.82) is 0 Å². The van der Waals surface area contributed by atoms with E-state index in [0.717, 1.165) is 0 Å². The van der Waals surface area contributed by atoms with E-state index in [9.17, 15) is 0 Å². The zero-order valence-corrected chi connectivity index (χ0v) is 12.7. The number of aromatic nitrogens is 2. The van der Waals surface area contributed by atoms with E-state index >= 15 is 0 Å². The Bertz CT molecular complexity index is 626. The molecule has 10 heteroatoms. The largest absolute Gasteiger partial charge is 0.490 e. The third-order valence-electron chi connectivity index (χ3n) is 2.92. The van der Waals surface area contributed by atoms with E-state index in [-0.39, 0.29) is 24.1 Å². The van der Waals surface area contributed by atoms with Crippen LogP contribution < -0.4 is 20.4 Å². The average Bonchev–Trinajstić information content (AvgIpc) is 2.58. The summed E-state index contributed by atoms with van der Waals surface area (Å²) in [6, 6.07) is 2.97. The van der Waals surface area contributed by atoms with Crippen molar-refractivity contribution >= 4 is 25.2 Å². The maximum Gasteiger partial charge on any atom is 0.490 e. The van der Waals surface area contributed by atoms with Crippen molar-refractivity contribution in [3.05, 3.63) is 49.1 Å². The van der Waals surface area contributed by atoms with E-state index in [1.807, 2.05) is 0 Å². The summed E-state index contributed by atoms with van der Waals surface area (Å²) in [5.41, 5.74) is 0.497. The summed E-state index contributed by atoms with van der Waals surface area (Å²) in [5, 5.41) is 36.2. The molecule has 0 atom stereocenters. The molecule has 2 aromatic rings. The van der Waals surface area contributed by atoms with Crippen LogP contribution in [0, 0.1) is 0 Å². The van der Waals surface area contributed by atoms with E-state index < -0.39 is 14.2 Å². The normalized spacial score (nSPS) is 10.7. The fraction of sp³-hybridized carbons (Fsp3) is 0.143. The molecule has 0 aliphatic carbocycles. The quantitative estimate of drug-likeness (QED) is 0.319. The maximum absolute atomic E-state index is 9.04. The predicted octanol–water partition coefficient (Wildman–Crippen LogP) is -2.15. The first-order chi connectivity index (χ1) is 11.6. The number of ether oxygens (including phenoxy) is 2. The highest BCUT2D eigenvalue weighted by Gasteiger charge is 2.12. The summed E-state index contributed by atoms with van der Waals surface area (Å²) in [6.07, 6.45) is 9.06. The molecule has 0 amide bonds. The standard InChI is InChI=1S/C14H16B2N2O6/c19-15(20)11-5-13(9-17-7-11)23-3-1-2-4-24-14-6-12(16(21)22)8-18-10-14/h1-2,5-10,19-22H,3-4H2. The molecule has 0 radical (unpaired) electrons. The highest BCUT2D eigenvalue weighted by Crippen LogP contribution is 2.06. The second-order valence-corrected chi connectivity index (χ2v) is 4.75. The van der Waals surface area contributed by atoms with Crippen molar-refractivity contribution in [3.8, 4) is 11.5 Å². The molecule has 0 aliphatic heterocycles. The summed E-state index contributed by atoms with van der Waals surface area (Å²) in [4.78, 5) is 7.68. The van der Waals surface area contributed by atoms with Crippen molar-refractivity contribution in [2.24, 2.45) is 0 Å². The Morgan fingerprint density at radius 3 is 1.54 bits per heavy atom. The zero-order chi connectivity index (χ0) is 17.4. The van der Waals surface area contributed by atoms with Gasteiger partial charge in [0.05, 0.1) is 12.4 Å². The van der Waals surface area contributed by atoms with Gasteiger partial charge in [-0.25, -0.2) is 0 Å². The first-order valence-corrected chi connectivity index (χ1v) is 7.09. The second-order valence-electron chi connectivity index (χ2n) is 4.75. The number of nitrogens with zero attached hydrogens (tertiary/aromatic N) is 2. The molecule has 2 rings (SSSR count). The summed E-state index contributed by atoms with van der Waals surface area (Å²) < 4.78 is 10.8. The van der Waals surface area contributed by atoms with Crippen LogP contribution in [0.1, 0.15) is 0 Å². The van der Waals surface area contributed by atoms with Gasteiger partial charge in [-0.1, -0.05) is 0 Å². The van der Waals surface area contributed by atoms with Crippen LogP contribution in [0.4, 0.5) is 0 Å². The number of pyridine rings is 2. The van der Waals surface area contributed by atoms with Crippen molar-refractivity contribution in [2.45, 2.75) is 0 Å². The molecule has 0 spiro atoms. The summed E-state index contributed by atoms with van der Waals surface area (Å²) >= 11 is 0. The van der Waals surface area contributed by atoms with Crippen LogP contribution in [0.25, 0.3) is 0 Å². The Balaban J connectivity index is 1.75. The minimum absolute atomic E-state index is 0.248. The van der Waals surface area contributed by atoms with Crippen LogP contribution >= 0.6 is 0 Å². The van der Waals surface area contributed by atoms with Gasteiger partial charge in [-0.2, -0.15) is 0 Å². The van der Waals surface area contributed by atoms with Crippen molar-refractivity contribution in [2.75, 3.05) is 13.2 Å². The van der Waals surface area contributed by atoms with Gasteiger partial charge in [-0.3, -0.25) is 9.97 Å². The van der Waals surface area contributed by atoms with Gasteiger partial charge < -0.3 is 29.6 Å². The molecule has 0 unspecified atom stereocenters. The van der Waals surface area contributed by atoms with Crippen LogP contribution in [-0.2, 0) is 0 Å². The van der Waals surface area contributed by atoms with Gasteiger partial charge in [0.2, 0.25) is 0 Å². The summed E-state index contributed by atoms with van der Waals surface area (Å²) in [6.45, 7) is 0.507.